The van der Waals surface area contributed by atoms with Crippen LogP contribution in [0.3, 0.4) is 0 Å². The van der Waals surface area contributed by atoms with Crippen LogP contribution in [-0.2, 0) is 4.74 Å². The molecule has 0 spiro atoms. The zero-order chi connectivity index (χ0) is 15.5. The molecule has 0 saturated carbocycles. The van der Waals surface area contributed by atoms with Crippen LogP contribution in [-0.4, -0.2) is 31.0 Å². The molecule has 0 bridgehead atoms. The third-order valence-corrected chi connectivity index (χ3v) is 3.48. The summed E-state index contributed by atoms with van der Waals surface area (Å²) in [6.45, 7) is 5.71. The minimum absolute atomic E-state index is 0.0739. The first-order valence-corrected chi connectivity index (χ1v) is 7.88. The van der Waals surface area contributed by atoms with Crippen LogP contribution in [0.15, 0.2) is 24.3 Å². The van der Waals surface area contributed by atoms with E-state index in [0.717, 1.165) is 12.0 Å². The number of aliphatic hydroxyl groups excluding tert-OH is 1. The summed E-state index contributed by atoms with van der Waals surface area (Å²) in [5, 5.41) is 13.1. The first kappa shape index (κ1) is 18.1. The van der Waals surface area contributed by atoms with Gasteiger partial charge in [0.1, 0.15) is 5.82 Å². The van der Waals surface area contributed by atoms with Gasteiger partial charge in [0.25, 0.3) is 0 Å². The Morgan fingerprint density at radius 2 is 1.90 bits per heavy atom. The van der Waals surface area contributed by atoms with E-state index in [1.54, 1.807) is 12.1 Å². The maximum absolute atomic E-state index is 12.8. The predicted molar refractivity (Wildman–Crippen MR) is 83.8 cm³/mol. The lowest BCUT2D eigenvalue weighted by atomic mass is 10.1. The average Bonchev–Trinajstić information content (AvgIpc) is 2.49. The number of hydrogen-bond donors (Lipinski definition) is 2. The van der Waals surface area contributed by atoms with Gasteiger partial charge in [-0.2, -0.15) is 0 Å². The second-order valence-corrected chi connectivity index (χ2v) is 5.47. The van der Waals surface area contributed by atoms with Gasteiger partial charge in [-0.25, -0.2) is 4.39 Å². The fourth-order valence-electron chi connectivity index (χ4n) is 2.09. The molecule has 0 heterocycles. The summed E-state index contributed by atoms with van der Waals surface area (Å²) >= 11 is 0. The van der Waals surface area contributed by atoms with Crippen molar-refractivity contribution in [1.82, 2.24) is 5.32 Å². The second-order valence-electron chi connectivity index (χ2n) is 5.47. The Morgan fingerprint density at radius 3 is 2.57 bits per heavy atom. The molecular formula is C17H28FNO2. The number of aliphatic hydroxyl groups is 1. The molecule has 0 aliphatic rings. The van der Waals surface area contributed by atoms with E-state index >= 15 is 0 Å². The Labute approximate surface area is 127 Å². The third-order valence-electron chi connectivity index (χ3n) is 3.48. The zero-order valence-electron chi connectivity index (χ0n) is 13.1. The van der Waals surface area contributed by atoms with Gasteiger partial charge in [-0.15, -0.1) is 0 Å². The molecule has 0 amide bonds. The first-order chi connectivity index (χ1) is 10.1. The van der Waals surface area contributed by atoms with Crippen LogP contribution in [0.1, 0.15) is 51.1 Å². The minimum Gasteiger partial charge on any atom is -0.389 e. The van der Waals surface area contributed by atoms with Crippen molar-refractivity contribution in [3.05, 3.63) is 35.6 Å². The van der Waals surface area contributed by atoms with Crippen molar-refractivity contribution in [2.75, 3.05) is 19.8 Å². The topological polar surface area (TPSA) is 41.5 Å². The number of ether oxygens (including phenoxy) is 1. The average molecular weight is 297 g/mol. The quantitative estimate of drug-likeness (QED) is 0.615. The lowest BCUT2D eigenvalue weighted by Crippen LogP contribution is -2.32. The van der Waals surface area contributed by atoms with Gasteiger partial charge in [0.05, 0.1) is 12.7 Å². The highest BCUT2D eigenvalue weighted by Gasteiger charge is 2.09. The molecule has 2 N–H and O–H groups in total. The van der Waals surface area contributed by atoms with Crippen molar-refractivity contribution in [1.29, 1.82) is 0 Å². The van der Waals surface area contributed by atoms with E-state index in [0.29, 0.717) is 19.8 Å². The van der Waals surface area contributed by atoms with E-state index in [1.807, 2.05) is 6.92 Å². The molecule has 0 saturated heterocycles. The number of benzene rings is 1. The van der Waals surface area contributed by atoms with Crippen molar-refractivity contribution < 1.29 is 14.2 Å². The van der Waals surface area contributed by atoms with Crippen LogP contribution in [0, 0.1) is 5.82 Å². The Bertz CT molecular complexity index is 370. The van der Waals surface area contributed by atoms with Gasteiger partial charge < -0.3 is 15.2 Å². The largest absolute Gasteiger partial charge is 0.389 e. The highest BCUT2D eigenvalue weighted by molar-refractivity contribution is 5.19. The smallest absolute Gasteiger partial charge is 0.123 e. The summed E-state index contributed by atoms with van der Waals surface area (Å²) in [5.74, 6) is -0.234. The van der Waals surface area contributed by atoms with Gasteiger partial charge >= 0.3 is 0 Å². The molecule has 0 aromatic heterocycles. The third kappa shape index (κ3) is 8.15. The fourth-order valence-corrected chi connectivity index (χ4v) is 2.09. The molecule has 0 aliphatic carbocycles. The number of nitrogens with one attached hydrogen (secondary N) is 1. The molecule has 0 aliphatic heterocycles. The van der Waals surface area contributed by atoms with E-state index < -0.39 is 6.10 Å². The van der Waals surface area contributed by atoms with E-state index in [4.69, 9.17) is 4.74 Å². The van der Waals surface area contributed by atoms with Gasteiger partial charge in [-0.3, -0.25) is 0 Å². The van der Waals surface area contributed by atoms with Gasteiger partial charge in [-0.1, -0.05) is 38.3 Å². The maximum atomic E-state index is 12.8. The molecule has 2 atom stereocenters. The monoisotopic (exact) mass is 297 g/mol. The van der Waals surface area contributed by atoms with E-state index in [-0.39, 0.29) is 11.9 Å². The lowest BCUT2D eigenvalue weighted by Gasteiger charge is -2.17. The predicted octanol–water partition coefficient (Wildman–Crippen LogP) is 3.43. The van der Waals surface area contributed by atoms with Crippen LogP contribution < -0.4 is 5.32 Å². The van der Waals surface area contributed by atoms with Crippen molar-refractivity contribution in [2.24, 2.45) is 0 Å². The molecule has 4 heteroatoms. The molecule has 1 aromatic rings. The van der Waals surface area contributed by atoms with Gasteiger partial charge in [0.15, 0.2) is 0 Å². The highest BCUT2D eigenvalue weighted by Crippen LogP contribution is 2.12. The van der Waals surface area contributed by atoms with Crippen molar-refractivity contribution in [3.63, 3.8) is 0 Å². The summed E-state index contributed by atoms with van der Waals surface area (Å²) in [6, 6.07) is 6.48. The Morgan fingerprint density at radius 1 is 1.19 bits per heavy atom. The van der Waals surface area contributed by atoms with Crippen LogP contribution in [0.4, 0.5) is 4.39 Å². The van der Waals surface area contributed by atoms with Crippen molar-refractivity contribution >= 4 is 0 Å². The standard InChI is InChI=1S/C17H28FNO2/c1-3-4-5-6-11-21-13-17(20)12-19-14(2)15-7-9-16(18)10-8-15/h7-10,14,17,19-20H,3-6,11-13H2,1-2H3/t14-,17?/m0/s1. The maximum Gasteiger partial charge on any atom is 0.123 e. The van der Waals surface area contributed by atoms with Crippen molar-refractivity contribution in [3.8, 4) is 0 Å². The Balaban J connectivity index is 2.11. The Kier molecular flexibility index (Phi) is 9.22. The number of rotatable bonds is 11. The normalized spacial score (nSPS) is 14.1. The van der Waals surface area contributed by atoms with Crippen LogP contribution in [0.5, 0.6) is 0 Å². The molecule has 120 valence electrons. The van der Waals surface area contributed by atoms with Crippen molar-refractivity contribution in [2.45, 2.75) is 51.7 Å². The van der Waals surface area contributed by atoms with Gasteiger partial charge in [0, 0.05) is 19.2 Å². The van der Waals surface area contributed by atoms with E-state index in [1.165, 1.54) is 31.4 Å². The van der Waals surface area contributed by atoms with Gasteiger partial charge in [0.2, 0.25) is 0 Å². The molecule has 3 nitrogen and oxygen atoms in total. The van der Waals surface area contributed by atoms with Crippen LogP contribution in [0.2, 0.25) is 0 Å². The van der Waals surface area contributed by atoms with Crippen LogP contribution in [0.25, 0.3) is 0 Å². The number of unbranched alkanes of at least 4 members (excludes halogenated alkanes) is 3. The fraction of sp³-hybridized carbons (Fsp3) is 0.647. The molecule has 1 aromatic carbocycles. The van der Waals surface area contributed by atoms with Crippen LogP contribution >= 0.6 is 0 Å². The summed E-state index contributed by atoms with van der Waals surface area (Å²) in [5.41, 5.74) is 1.00. The zero-order valence-corrected chi connectivity index (χ0v) is 13.1. The number of hydrogen-bond acceptors (Lipinski definition) is 3. The SMILES string of the molecule is CCCCCCOCC(O)CN[C@@H](C)c1ccc(F)cc1. The molecular weight excluding hydrogens is 269 g/mol. The second kappa shape index (κ2) is 10.7. The minimum atomic E-state index is -0.515. The summed E-state index contributed by atoms with van der Waals surface area (Å²) in [7, 11) is 0. The summed E-state index contributed by atoms with van der Waals surface area (Å²) in [6.07, 6.45) is 4.18. The Hall–Kier alpha value is -0.970. The van der Waals surface area contributed by atoms with E-state index in [9.17, 15) is 9.50 Å². The molecule has 0 radical (unpaired) electrons. The highest BCUT2D eigenvalue weighted by atomic mass is 19.1. The summed E-state index contributed by atoms with van der Waals surface area (Å²) in [4.78, 5) is 0. The molecule has 1 rings (SSSR count). The van der Waals surface area contributed by atoms with E-state index in [2.05, 4.69) is 12.2 Å². The molecule has 1 unspecified atom stereocenters. The molecule has 0 fully saturated rings. The molecule has 21 heavy (non-hydrogen) atoms. The summed E-state index contributed by atoms with van der Waals surface area (Å²) < 4.78 is 18.3. The number of halogens is 1. The van der Waals surface area contributed by atoms with Gasteiger partial charge in [-0.05, 0) is 31.0 Å². The first-order valence-electron chi connectivity index (χ1n) is 7.88. The lowest BCUT2D eigenvalue weighted by molar-refractivity contribution is 0.0343.